The predicted molar refractivity (Wildman–Crippen MR) is 69.7 cm³/mol. The van der Waals surface area contributed by atoms with Crippen LogP contribution < -0.4 is 4.74 Å². The van der Waals surface area contributed by atoms with Crippen LogP contribution in [0.15, 0.2) is 12.4 Å². The molecule has 1 saturated heterocycles. The molecule has 0 bridgehead atoms. The molecule has 20 heavy (non-hydrogen) atoms. The van der Waals surface area contributed by atoms with E-state index in [9.17, 15) is 4.79 Å². The monoisotopic (exact) mass is 272 g/mol. The van der Waals surface area contributed by atoms with Crippen molar-refractivity contribution in [3.63, 3.8) is 0 Å². The zero-order valence-electron chi connectivity index (χ0n) is 11.2. The summed E-state index contributed by atoms with van der Waals surface area (Å²) in [7, 11) is 0. The normalized spacial score (nSPS) is 21.6. The molecule has 2 heterocycles. The van der Waals surface area contributed by atoms with E-state index in [1.807, 2.05) is 11.0 Å². The topological polar surface area (TPSA) is 79.1 Å². The Labute approximate surface area is 117 Å². The Hall–Kier alpha value is -2.16. The highest BCUT2D eigenvalue weighted by atomic mass is 16.5. The van der Waals surface area contributed by atoms with Gasteiger partial charge in [-0.15, -0.1) is 0 Å². The van der Waals surface area contributed by atoms with Crippen molar-refractivity contribution in [2.75, 3.05) is 13.1 Å². The number of carbonyl (C=O) groups is 1. The van der Waals surface area contributed by atoms with Crippen LogP contribution in [0.3, 0.4) is 0 Å². The molecule has 1 saturated carbocycles. The minimum absolute atomic E-state index is 0.0954. The minimum Gasteiger partial charge on any atom is -0.470 e. The first-order valence-electron chi connectivity index (χ1n) is 6.92. The van der Waals surface area contributed by atoms with Crippen LogP contribution in [0.2, 0.25) is 0 Å². The van der Waals surface area contributed by atoms with Crippen LogP contribution in [-0.2, 0) is 4.79 Å². The summed E-state index contributed by atoms with van der Waals surface area (Å²) in [6, 6.07) is 1.96. The Kier molecular flexibility index (Phi) is 3.50. The number of aromatic nitrogens is 2. The molecule has 104 valence electrons. The lowest BCUT2D eigenvalue weighted by atomic mass is 10.2. The molecule has 0 aromatic carbocycles. The summed E-state index contributed by atoms with van der Waals surface area (Å²) >= 11 is 0. The third-order valence-electron chi connectivity index (χ3n) is 3.71. The Morgan fingerprint density at radius 3 is 2.95 bits per heavy atom. The van der Waals surface area contributed by atoms with Crippen molar-refractivity contribution < 1.29 is 9.53 Å². The molecule has 0 N–H and O–H groups in total. The molecule has 1 aromatic rings. The number of nitriles is 1. The molecule has 1 aliphatic heterocycles. The van der Waals surface area contributed by atoms with Gasteiger partial charge in [-0.3, -0.25) is 4.79 Å². The molecule has 6 heteroatoms. The van der Waals surface area contributed by atoms with Crippen LogP contribution in [0.25, 0.3) is 0 Å². The van der Waals surface area contributed by atoms with Crippen LogP contribution in [0.1, 0.15) is 31.4 Å². The van der Waals surface area contributed by atoms with E-state index in [0.29, 0.717) is 18.9 Å². The van der Waals surface area contributed by atoms with Crippen molar-refractivity contribution in [2.45, 2.75) is 31.8 Å². The van der Waals surface area contributed by atoms with E-state index >= 15 is 0 Å². The van der Waals surface area contributed by atoms with E-state index in [2.05, 4.69) is 9.97 Å². The molecule has 2 fully saturated rings. The second-order valence-corrected chi connectivity index (χ2v) is 5.34. The summed E-state index contributed by atoms with van der Waals surface area (Å²) in [6.07, 6.45) is 6.68. The molecule has 1 amide bonds. The lowest BCUT2D eigenvalue weighted by molar-refractivity contribution is -0.130. The van der Waals surface area contributed by atoms with Crippen molar-refractivity contribution in [1.82, 2.24) is 14.9 Å². The molecule has 1 aliphatic carbocycles. The number of rotatable bonds is 4. The zero-order valence-corrected chi connectivity index (χ0v) is 11.2. The Balaban J connectivity index is 1.57. The fourth-order valence-electron chi connectivity index (χ4n) is 2.40. The van der Waals surface area contributed by atoms with Gasteiger partial charge in [0.2, 0.25) is 11.6 Å². The van der Waals surface area contributed by atoms with Crippen LogP contribution >= 0.6 is 0 Å². The maximum atomic E-state index is 12.0. The second kappa shape index (κ2) is 5.45. The SMILES string of the molecule is N#Cc1nccnc1OC1CCN(C(=O)CC2CC2)C1. The quantitative estimate of drug-likeness (QED) is 0.820. The summed E-state index contributed by atoms with van der Waals surface area (Å²) in [5, 5.41) is 8.94. The third kappa shape index (κ3) is 2.87. The zero-order chi connectivity index (χ0) is 13.9. The van der Waals surface area contributed by atoms with Gasteiger partial charge >= 0.3 is 0 Å². The predicted octanol–water partition coefficient (Wildman–Crippen LogP) is 1.13. The van der Waals surface area contributed by atoms with Crippen LogP contribution in [0.5, 0.6) is 5.88 Å². The number of ether oxygens (including phenoxy) is 1. The molecular weight excluding hydrogens is 256 g/mol. The van der Waals surface area contributed by atoms with Gasteiger partial charge in [-0.2, -0.15) is 5.26 Å². The highest BCUT2D eigenvalue weighted by Gasteiger charge is 2.32. The molecule has 2 aliphatic rings. The van der Waals surface area contributed by atoms with Crippen molar-refractivity contribution in [3.8, 4) is 11.9 Å². The molecule has 1 unspecified atom stereocenters. The molecule has 6 nitrogen and oxygen atoms in total. The Bertz CT molecular complexity index is 550. The standard InChI is InChI=1S/C14H16N4O2/c15-8-12-14(17-5-4-16-12)20-11-3-6-18(9-11)13(19)7-10-1-2-10/h4-5,10-11H,1-3,6-7,9H2. The number of hydrogen-bond donors (Lipinski definition) is 0. The lowest BCUT2D eigenvalue weighted by Crippen LogP contribution is -2.31. The largest absolute Gasteiger partial charge is 0.470 e. The first-order chi connectivity index (χ1) is 9.76. The van der Waals surface area contributed by atoms with Gasteiger partial charge in [-0.05, 0) is 18.8 Å². The van der Waals surface area contributed by atoms with Crippen LogP contribution in [0.4, 0.5) is 0 Å². The Morgan fingerprint density at radius 2 is 2.20 bits per heavy atom. The van der Waals surface area contributed by atoms with Gasteiger partial charge in [-0.25, -0.2) is 9.97 Å². The summed E-state index contributed by atoms with van der Waals surface area (Å²) < 4.78 is 5.71. The number of carbonyl (C=O) groups excluding carboxylic acids is 1. The van der Waals surface area contributed by atoms with Gasteiger partial charge in [0.1, 0.15) is 12.2 Å². The molecular formula is C14H16N4O2. The highest BCUT2D eigenvalue weighted by molar-refractivity contribution is 5.77. The highest BCUT2D eigenvalue weighted by Crippen LogP contribution is 2.33. The number of hydrogen-bond acceptors (Lipinski definition) is 5. The summed E-state index contributed by atoms with van der Waals surface area (Å²) in [6.45, 7) is 1.30. The first kappa shape index (κ1) is 12.9. The van der Waals surface area contributed by atoms with Gasteiger partial charge in [0, 0.05) is 31.8 Å². The number of nitrogens with zero attached hydrogens (tertiary/aromatic N) is 4. The number of amides is 1. The average molecular weight is 272 g/mol. The molecule has 0 spiro atoms. The van der Waals surface area contributed by atoms with Crippen LogP contribution in [-0.4, -0.2) is 40.0 Å². The van der Waals surface area contributed by atoms with E-state index in [1.165, 1.54) is 25.2 Å². The maximum Gasteiger partial charge on any atom is 0.251 e. The minimum atomic E-state index is -0.0954. The summed E-state index contributed by atoms with van der Waals surface area (Å²) in [5.74, 6) is 1.09. The summed E-state index contributed by atoms with van der Waals surface area (Å²) in [4.78, 5) is 21.8. The van der Waals surface area contributed by atoms with Crippen molar-refractivity contribution >= 4 is 5.91 Å². The van der Waals surface area contributed by atoms with E-state index in [-0.39, 0.29) is 23.6 Å². The van der Waals surface area contributed by atoms with Gasteiger partial charge in [0.05, 0.1) is 6.54 Å². The molecule has 3 rings (SSSR count). The van der Waals surface area contributed by atoms with E-state index in [1.54, 1.807) is 0 Å². The molecule has 1 aromatic heterocycles. The fraction of sp³-hybridized carbons (Fsp3) is 0.571. The van der Waals surface area contributed by atoms with E-state index in [0.717, 1.165) is 13.0 Å². The van der Waals surface area contributed by atoms with Gasteiger partial charge in [-0.1, -0.05) is 0 Å². The third-order valence-corrected chi connectivity index (χ3v) is 3.71. The van der Waals surface area contributed by atoms with Crippen molar-refractivity contribution in [1.29, 1.82) is 5.26 Å². The lowest BCUT2D eigenvalue weighted by Gasteiger charge is -2.16. The van der Waals surface area contributed by atoms with Gasteiger partial charge in [0.25, 0.3) is 5.88 Å². The van der Waals surface area contributed by atoms with E-state index in [4.69, 9.17) is 10.00 Å². The smallest absolute Gasteiger partial charge is 0.251 e. The van der Waals surface area contributed by atoms with Gasteiger partial charge < -0.3 is 9.64 Å². The Morgan fingerprint density at radius 1 is 1.40 bits per heavy atom. The van der Waals surface area contributed by atoms with E-state index < -0.39 is 0 Å². The molecule has 1 atom stereocenters. The number of likely N-dealkylation sites (tertiary alicyclic amines) is 1. The van der Waals surface area contributed by atoms with Crippen molar-refractivity contribution in [3.05, 3.63) is 18.1 Å². The second-order valence-electron chi connectivity index (χ2n) is 5.34. The summed E-state index contributed by atoms with van der Waals surface area (Å²) in [5.41, 5.74) is 0.190. The van der Waals surface area contributed by atoms with Crippen LogP contribution in [0, 0.1) is 17.2 Å². The van der Waals surface area contributed by atoms with Gasteiger partial charge in [0.15, 0.2) is 0 Å². The van der Waals surface area contributed by atoms with Crippen molar-refractivity contribution in [2.24, 2.45) is 5.92 Å². The first-order valence-corrected chi connectivity index (χ1v) is 6.92. The maximum absolute atomic E-state index is 12.0. The average Bonchev–Trinajstić information content (AvgIpc) is 3.15. The molecule has 0 radical (unpaired) electrons. The fourth-order valence-corrected chi connectivity index (χ4v) is 2.40.